The van der Waals surface area contributed by atoms with Crippen molar-refractivity contribution in [2.24, 2.45) is 5.73 Å². The molecule has 0 unspecified atom stereocenters. The average Bonchev–Trinajstić information content (AvgIpc) is 3.62. The van der Waals surface area contributed by atoms with Crippen LogP contribution in [-0.4, -0.2) is 63.2 Å². The van der Waals surface area contributed by atoms with Gasteiger partial charge < -0.3 is 25.8 Å². The van der Waals surface area contributed by atoms with Gasteiger partial charge in [-0.3, -0.25) is 9.88 Å². The summed E-state index contributed by atoms with van der Waals surface area (Å²) in [6, 6.07) is 2.05. The summed E-state index contributed by atoms with van der Waals surface area (Å²) < 4.78 is 118. The molecule has 11 nitrogen and oxygen atoms in total. The number of nitrogens with two attached hydrogens (primary N) is 2. The molecule has 2 saturated heterocycles. The molecular weight excluding hydrogens is 743 g/mol. The third-order valence-corrected chi connectivity index (χ3v) is 10.7. The largest absolute Gasteiger partial charge is 0.490 e. The fourth-order valence-electron chi connectivity index (χ4n) is 7.53. The standard InChI is InChI=1S/C35H30F7N9O2S/c1-16(26-31(45)47-8-7-46-26)51-10-11-52-28-23-27(48-33(49-32(23)51)53-15-34-6-3-9-50(34)14-18(12-34)30(38)39)25(37)22(24(28)35(40,41)42)19-4-5-21(36)29(20(19)13-43)54-17(2)44/h4-5,7-8,16H,2-3,6,9-12,14-15,44H2,1H3,(H2,45,47)/t16-,34+/m1/s1. The molecule has 4 aromatic rings. The van der Waals surface area contributed by atoms with Gasteiger partial charge in [-0.1, -0.05) is 18.3 Å². The second-order valence-corrected chi connectivity index (χ2v) is 14.2. The highest BCUT2D eigenvalue weighted by Crippen LogP contribution is 2.53. The quantitative estimate of drug-likeness (QED) is 0.139. The molecule has 0 spiro atoms. The maximum Gasteiger partial charge on any atom is 0.420 e. The second-order valence-electron chi connectivity index (χ2n) is 13.0. The summed E-state index contributed by atoms with van der Waals surface area (Å²) in [5.74, 6) is -3.58. The number of halogens is 7. The Balaban J connectivity index is 1.50. The number of fused-ring (bicyclic) bond motifs is 1. The number of ether oxygens (including phenoxy) is 2. The molecule has 19 heteroatoms. The van der Waals surface area contributed by atoms with Crippen LogP contribution in [0.2, 0.25) is 0 Å². The summed E-state index contributed by atoms with van der Waals surface area (Å²) in [7, 11) is 0. The molecule has 3 aliphatic rings. The number of thioether (sulfide) groups is 1. The van der Waals surface area contributed by atoms with E-state index >= 15 is 22.0 Å². The van der Waals surface area contributed by atoms with Crippen LogP contribution in [0.5, 0.6) is 11.8 Å². The van der Waals surface area contributed by atoms with Crippen molar-refractivity contribution in [2.45, 2.75) is 48.8 Å². The maximum absolute atomic E-state index is 17.3. The zero-order valence-electron chi connectivity index (χ0n) is 28.4. The molecule has 3 aliphatic heterocycles. The smallest absolute Gasteiger partial charge is 0.420 e. The van der Waals surface area contributed by atoms with E-state index in [4.69, 9.17) is 20.9 Å². The normalized spacial score (nSPS) is 18.9. The van der Waals surface area contributed by atoms with Crippen molar-refractivity contribution >= 4 is 34.3 Å². The number of hydrogen-bond donors (Lipinski definition) is 2. The van der Waals surface area contributed by atoms with Crippen molar-refractivity contribution in [3.05, 3.63) is 76.2 Å². The first-order valence-electron chi connectivity index (χ1n) is 16.5. The summed E-state index contributed by atoms with van der Waals surface area (Å²) >= 11 is 0.490. The van der Waals surface area contributed by atoms with Crippen LogP contribution in [0.4, 0.5) is 42.4 Å². The minimum Gasteiger partial charge on any atom is -0.490 e. The highest BCUT2D eigenvalue weighted by molar-refractivity contribution is 8.03. The summed E-state index contributed by atoms with van der Waals surface area (Å²) in [5, 5.41) is 9.48. The minimum absolute atomic E-state index is 0.00734. The molecule has 0 bridgehead atoms. The van der Waals surface area contributed by atoms with E-state index in [1.165, 1.54) is 17.3 Å². The molecule has 2 aromatic heterocycles. The molecule has 2 fully saturated rings. The highest BCUT2D eigenvalue weighted by atomic mass is 32.2. The molecule has 7 rings (SSSR count). The molecule has 2 aromatic carbocycles. The van der Waals surface area contributed by atoms with E-state index in [2.05, 4.69) is 26.5 Å². The molecule has 282 valence electrons. The Morgan fingerprint density at radius 3 is 2.63 bits per heavy atom. The zero-order valence-corrected chi connectivity index (χ0v) is 29.2. The Bertz CT molecular complexity index is 2280. The van der Waals surface area contributed by atoms with Crippen molar-refractivity contribution in [1.29, 1.82) is 5.26 Å². The van der Waals surface area contributed by atoms with Crippen molar-refractivity contribution in [3.8, 4) is 29.0 Å². The Morgan fingerprint density at radius 2 is 1.94 bits per heavy atom. The summed E-state index contributed by atoms with van der Waals surface area (Å²) in [5.41, 5.74) is 6.49. The number of hydrogen-bond acceptors (Lipinski definition) is 12. The molecular formula is C35H30F7N9O2S. The van der Waals surface area contributed by atoms with E-state index in [0.717, 1.165) is 12.1 Å². The van der Waals surface area contributed by atoms with Gasteiger partial charge in [0.1, 0.15) is 59.3 Å². The van der Waals surface area contributed by atoms with Crippen LogP contribution in [0.25, 0.3) is 22.0 Å². The van der Waals surface area contributed by atoms with Crippen LogP contribution in [0, 0.1) is 23.0 Å². The first-order valence-corrected chi connectivity index (χ1v) is 17.3. The van der Waals surface area contributed by atoms with E-state index in [1.54, 1.807) is 13.0 Å². The SMILES string of the molecule is C=C(N)Sc1c(F)ccc(-c2c(C(F)(F)F)c3c4c(nc(OC[C@@]56CCCN5CC(=C(F)F)C6)nc4c2F)N([C@H](C)c2nccnc2N)CCO3)c1C#N. The molecule has 2 atom stereocenters. The first-order chi connectivity index (χ1) is 25.6. The molecule has 5 heterocycles. The van der Waals surface area contributed by atoms with E-state index in [0.29, 0.717) is 31.1 Å². The van der Waals surface area contributed by atoms with Gasteiger partial charge in [0.15, 0.2) is 5.82 Å². The number of anilines is 2. The predicted molar refractivity (Wildman–Crippen MR) is 184 cm³/mol. The van der Waals surface area contributed by atoms with Crippen LogP contribution >= 0.6 is 11.8 Å². The van der Waals surface area contributed by atoms with Crippen molar-refractivity contribution in [2.75, 3.05) is 43.5 Å². The predicted octanol–water partition coefficient (Wildman–Crippen LogP) is 7.09. The zero-order chi connectivity index (χ0) is 38.7. The van der Waals surface area contributed by atoms with Crippen molar-refractivity contribution < 1.29 is 40.2 Å². The number of nitriles is 1. The van der Waals surface area contributed by atoms with Gasteiger partial charge in [0, 0.05) is 35.6 Å². The first kappa shape index (κ1) is 37.0. The number of nitrogens with zero attached hydrogens (tertiary/aromatic N) is 7. The van der Waals surface area contributed by atoms with Gasteiger partial charge in [0.05, 0.1) is 39.0 Å². The topological polar surface area (TPSA) is 152 Å². The number of benzene rings is 2. The fourth-order valence-corrected chi connectivity index (χ4v) is 8.22. The summed E-state index contributed by atoms with van der Waals surface area (Å²) in [6.45, 7) is 4.99. The number of nitrogen functional groups attached to an aromatic ring is 1. The van der Waals surface area contributed by atoms with Gasteiger partial charge >= 0.3 is 12.2 Å². The second kappa shape index (κ2) is 13.8. The van der Waals surface area contributed by atoms with E-state index < -0.39 is 85.3 Å². The highest BCUT2D eigenvalue weighted by Gasteiger charge is 2.49. The van der Waals surface area contributed by atoms with E-state index in [9.17, 15) is 14.0 Å². The maximum atomic E-state index is 17.3. The minimum atomic E-state index is -5.31. The fraction of sp³-hybridized carbons (Fsp3) is 0.343. The summed E-state index contributed by atoms with van der Waals surface area (Å²) in [6.07, 6.45) is -3.14. The molecule has 0 radical (unpaired) electrons. The van der Waals surface area contributed by atoms with Gasteiger partial charge in [-0.05, 0) is 44.9 Å². The van der Waals surface area contributed by atoms with Gasteiger partial charge in [0.25, 0.3) is 6.08 Å². The Hall–Kier alpha value is -5.35. The van der Waals surface area contributed by atoms with Crippen LogP contribution < -0.4 is 25.8 Å². The van der Waals surface area contributed by atoms with Crippen molar-refractivity contribution in [3.63, 3.8) is 0 Å². The average molecular weight is 774 g/mol. The van der Waals surface area contributed by atoms with Crippen LogP contribution in [0.1, 0.15) is 49.0 Å². The van der Waals surface area contributed by atoms with Crippen LogP contribution in [-0.2, 0) is 6.18 Å². The van der Waals surface area contributed by atoms with Gasteiger partial charge in [-0.25, -0.2) is 13.8 Å². The molecule has 4 N–H and O–H groups in total. The third kappa shape index (κ3) is 6.26. The third-order valence-electron chi connectivity index (χ3n) is 9.88. The lowest BCUT2D eigenvalue weighted by molar-refractivity contribution is -0.138. The van der Waals surface area contributed by atoms with E-state index in [1.807, 2.05) is 4.90 Å². The van der Waals surface area contributed by atoms with Crippen LogP contribution in [0.15, 0.2) is 52.7 Å². The van der Waals surface area contributed by atoms with Crippen LogP contribution in [0.3, 0.4) is 0 Å². The van der Waals surface area contributed by atoms with Gasteiger partial charge in [-0.2, -0.15) is 37.2 Å². The Kier molecular flexibility index (Phi) is 9.46. The Labute approximate surface area is 307 Å². The molecule has 0 saturated carbocycles. The molecule has 0 aliphatic carbocycles. The lowest BCUT2D eigenvalue weighted by Gasteiger charge is -2.31. The van der Waals surface area contributed by atoms with Gasteiger partial charge in [0.2, 0.25) is 0 Å². The monoisotopic (exact) mass is 773 g/mol. The number of aromatic nitrogens is 4. The molecule has 0 amide bonds. The summed E-state index contributed by atoms with van der Waals surface area (Å²) in [4.78, 5) is 20.1. The lowest BCUT2D eigenvalue weighted by Crippen LogP contribution is -2.43. The van der Waals surface area contributed by atoms with Crippen molar-refractivity contribution in [1.82, 2.24) is 24.8 Å². The lowest BCUT2D eigenvalue weighted by atomic mass is 9.91. The van der Waals surface area contributed by atoms with E-state index in [-0.39, 0.29) is 60.7 Å². The Morgan fingerprint density at radius 1 is 1.19 bits per heavy atom. The number of rotatable bonds is 8. The van der Waals surface area contributed by atoms with Gasteiger partial charge in [-0.15, -0.1) is 0 Å². The molecule has 54 heavy (non-hydrogen) atoms. The number of alkyl halides is 3.